The molecule has 0 aromatic rings. The lowest BCUT2D eigenvalue weighted by atomic mass is 9.49. The third-order valence-electron chi connectivity index (χ3n) is 7.40. The van der Waals surface area contributed by atoms with Crippen LogP contribution in [0.1, 0.15) is 46.5 Å². The van der Waals surface area contributed by atoms with Crippen LogP contribution in [0.4, 0.5) is 4.39 Å². The summed E-state index contributed by atoms with van der Waals surface area (Å²) in [5.74, 6) is 0.177. The van der Waals surface area contributed by atoms with Crippen LogP contribution in [-0.4, -0.2) is 23.3 Å². The molecule has 0 amide bonds. The second-order valence-electron chi connectivity index (χ2n) is 8.76. The first kappa shape index (κ1) is 17.0. The van der Waals surface area contributed by atoms with E-state index >= 15 is 0 Å². The van der Waals surface area contributed by atoms with Crippen molar-refractivity contribution in [3.8, 4) is 0 Å². The van der Waals surface area contributed by atoms with E-state index in [0.29, 0.717) is 18.3 Å². The van der Waals surface area contributed by atoms with Gasteiger partial charge >= 0.3 is 5.97 Å². The first-order chi connectivity index (χ1) is 11.8. The molecule has 1 N–H and O–H groups in total. The van der Waals surface area contributed by atoms with Crippen LogP contribution in [0.3, 0.4) is 0 Å². The fourth-order valence-electron chi connectivity index (χ4n) is 6.07. The van der Waals surface area contributed by atoms with Gasteiger partial charge in [0.05, 0.1) is 6.10 Å². The van der Waals surface area contributed by atoms with Gasteiger partial charge < -0.3 is 9.84 Å². The zero-order valence-electron chi connectivity index (χ0n) is 15.2. The molecule has 7 atom stereocenters. The SMILES string of the molecule is CC(=O)O[C@H]1C(F)=C[C@H]2[C@@H]3CC=C4C[C@@H](O)C=C[C@]4(C)[C@H]3CC[C@]12C. The topological polar surface area (TPSA) is 46.5 Å². The number of aliphatic hydroxyl groups excluding tert-OH is 1. The normalized spacial score (nSPS) is 48.0. The molecule has 0 aromatic heterocycles. The van der Waals surface area contributed by atoms with Crippen LogP contribution in [-0.2, 0) is 9.53 Å². The molecule has 0 heterocycles. The monoisotopic (exact) mass is 346 g/mol. The van der Waals surface area contributed by atoms with Crippen LogP contribution < -0.4 is 0 Å². The Morgan fingerprint density at radius 3 is 2.88 bits per heavy atom. The number of fused-ring (bicyclic) bond motifs is 5. The number of carbonyl (C=O) groups excluding carboxylic acids is 1. The molecule has 0 aliphatic heterocycles. The van der Waals surface area contributed by atoms with E-state index in [-0.39, 0.29) is 28.7 Å². The Labute approximate surface area is 148 Å². The van der Waals surface area contributed by atoms with E-state index in [1.807, 2.05) is 6.08 Å². The fraction of sp³-hybridized carbons (Fsp3) is 0.667. The minimum Gasteiger partial charge on any atom is -0.455 e. The molecular weight excluding hydrogens is 319 g/mol. The molecule has 0 aromatic carbocycles. The highest BCUT2D eigenvalue weighted by Gasteiger charge is 2.59. The Balaban J connectivity index is 1.69. The van der Waals surface area contributed by atoms with Crippen LogP contribution in [0.5, 0.6) is 0 Å². The number of rotatable bonds is 1. The molecule has 4 heteroatoms. The van der Waals surface area contributed by atoms with Crippen molar-refractivity contribution in [1.82, 2.24) is 0 Å². The van der Waals surface area contributed by atoms with Gasteiger partial charge in [-0.25, -0.2) is 4.39 Å². The van der Waals surface area contributed by atoms with Gasteiger partial charge in [0.15, 0.2) is 6.10 Å². The van der Waals surface area contributed by atoms with Crippen molar-refractivity contribution in [2.45, 2.75) is 58.7 Å². The van der Waals surface area contributed by atoms with Crippen LogP contribution in [0.25, 0.3) is 0 Å². The van der Waals surface area contributed by atoms with Gasteiger partial charge in [-0.15, -0.1) is 0 Å². The van der Waals surface area contributed by atoms with E-state index in [2.05, 4.69) is 26.0 Å². The van der Waals surface area contributed by atoms with Crippen molar-refractivity contribution >= 4 is 5.97 Å². The Bertz CT molecular complexity index is 693. The number of hydrogen-bond donors (Lipinski definition) is 1. The van der Waals surface area contributed by atoms with Crippen molar-refractivity contribution in [2.24, 2.45) is 28.6 Å². The molecule has 0 spiro atoms. The summed E-state index contributed by atoms with van der Waals surface area (Å²) in [5, 5.41) is 9.97. The molecule has 1 saturated carbocycles. The highest BCUT2D eigenvalue weighted by Crippen LogP contribution is 2.63. The molecule has 4 rings (SSSR count). The second-order valence-corrected chi connectivity index (χ2v) is 8.76. The van der Waals surface area contributed by atoms with Crippen molar-refractivity contribution in [3.63, 3.8) is 0 Å². The van der Waals surface area contributed by atoms with Gasteiger partial charge in [0.25, 0.3) is 0 Å². The highest BCUT2D eigenvalue weighted by atomic mass is 19.1. The van der Waals surface area contributed by atoms with Crippen molar-refractivity contribution < 1.29 is 19.0 Å². The predicted molar refractivity (Wildman–Crippen MR) is 93.1 cm³/mol. The summed E-state index contributed by atoms with van der Waals surface area (Å²) in [6, 6.07) is 0. The molecular formula is C21H27FO3. The number of esters is 1. The van der Waals surface area contributed by atoms with Gasteiger partial charge in [0.1, 0.15) is 5.83 Å². The standard InChI is InChI=1S/C21H27FO3/c1-12(23)25-19-18(22)11-17-15-5-4-13-10-14(24)6-8-20(13,2)16(15)7-9-21(17,19)3/h4,6,8,11,14-17,19,24H,5,7,9-10H2,1-3H3/t14-,15+,16-,17-,19-,20-,21-/m0/s1. The van der Waals surface area contributed by atoms with Crippen molar-refractivity contribution in [1.29, 1.82) is 0 Å². The van der Waals surface area contributed by atoms with Crippen LogP contribution >= 0.6 is 0 Å². The number of carbonyl (C=O) groups is 1. The summed E-state index contributed by atoms with van der Waals surface area (Å²) in [6.45, 7) is 5.69. The first-order valence-electron chi connectivity index (χ1n) is 9.37. The fourth-order valence-corrected chi connectivity index (χ4v) is 6.07. The maximum absolute atomic E-state index is 14.7. The molecule has 0 saturated heterocycles. The van der Waals surface area contributed by atoms with E-state index in [0.717, 1.165) is 19.3 Å². The number of ether oxygens (including phenoxy) is 1. The smallest absolute Gasteiger partial charge is 0.303 e. The van der Waals surface area contributed by atoms with Gasteiger partial charge in [-0.05, 0) is 49.5 Å². The van der Waals surface area contributed by atoms with Crippen LogP contribution in [0.2, 0.25) is 0 Å². The lowest BCUT2D eigenvalue weighted by molar-refractivity contribution is -0.155. The zero-order valence-corrected chi connectivity index (χ0v) is 15.2. The average molecular weight is 346 g/mol. The Morgan fingerprint density at radius 1 is 1.40 bits per heavy atom. The summed E-state index contributed by atoms with van der Waals surface area (Å²) in [5.41, 5.74) is 0.926. The maximum atomic E-state index is 14.7. The predicted octanol–water partition coefficient (Wildman–Crippen LogP) is 4.09. The van der Waals surface area contributed by atoms with Gasteiger partial charge in [-0.3, -0.25) is 4.79 Å². The minimum absolute atomic E-state index is 0.0483. The zero-order chi connectivity index (χ0) is 18.0. The second kappa shape index (κ2) is 5.54. The molecule has 0 unspecified atom stereocenters. The van der Waals surface area contributed by atoms with Gasteiger partial charge in [-0.2, -0.15) is 0 Å². The largest absolute Gasteiger partial charge is 0.455 e. The first-order valence-corrected chi connectivity index (χ1v) is 9.37. The Morgan fingerprint density at radius 2 is 2.16 bits per heavy atom. The summed E-state index contributed by atoms with van der Waals surface area (Å²) in [6.07, 6.45) is 10.4. The highest BCUT2D eigenvalue weighted by molar-refractivity contribution is 5.66. The van der Waals surface area contributed by atoms with Crippen LogP contribution in [0.15, 0.2) is 35.7 Å². The van der Waals surface area contributed by atoms with E-state index in [4.69, 9.17) is 4.74 Å². The van der Waals surface area contributed by atoms with Gasteiger partial charge in [0, 0.05) is 17.8 Å². The van der Waals surface area contributed by atoms with E-state index in [9.17, 15) is 14.3 Å². The van der Waals surface area contributed by atoms with Gasteiger partial charge in [0.2, 0.25) is 0 Å². The number of allylic oxidation sites excluding steroid dienone is 3. The van der Waals surface area contributed by atoms with E-state index in [1.54, 1.807) is 6.08 Å². The number of halogens is 1. The summed E-state index contributed by atoms with van der Waals surface area (Å²) < 4.78 is 20.0. The third kappa shape index (κ3) is 2.37. The van der Waals surface area contributed by atoms with Crippen molar-refractivity contribution in [3.05, 3.63) is 35.7 Å². The maximum Gasteiger partial charge on any atom is 0.303 e. The van der Waals surface area contributed by atoms with E-state index < -0.39 is 12.1 Å². The lowest BCUT2D eigenvalue weighted by Gasteiger charge is -2.56. The lowest BCUT2D eigenvalue weighted by Crippen LogP contribution is -2.51. The van der Waals surface area contributed by atoms with E-state index in [1.165, 1.54) is 12.5 Å². The average Bonchev–Trinajstić information content (AvgIpc) is 2.79. The van der Waals surface area contributed by atoms with Crippen LogP contribution in [0, 0.1) is 28.6 Å². The molecule has 0 bridgehead atoms. The number of hydrogen-bond acceptors (Lipinski definition) is 3. The summed E-state index contributed by atoms with van der Waals surface area (Å²) >= 11 is 0. The van der Waals surface area contributed by atoms with Gasteiger partial charge in [-0.1, -0.05) is 37.6 Å². The number of aliphatic hydroxyl groups is 1. The molecule has 4 aliphatic carbocycles. The quantitative estimate of drug-likeness (QED) is 0.574. The summed E-state index contributed by atoms with van der Waals surface area (Å²) in [4.78, 5) is 11.5. The minimum atomic E-state index is -0.738. The molecule has 25 heavy (non-hydrogen) atoms. The Hall–Kier alpha value is -1.42. The molecule has 4 aliphatic rings. The van der Waals surface area contributed by atoms with Crippen molar-refractivity contribution in [2.75, 3.05) is 0 Å². The Kier molecular flexibility index (Phi) is 3.77. The molecule has 0 radical (unpaired) electrons. The molecule has 3 nitrogen and oxygen atoms in total. The molecule has 136 valence electrons. The third-order valence-corrected chi connectivity index (χ3v) is 7.40. The molecule has 1 fully saturated rings. The summed E-state index contributed by atoms with van der Waals surface area (Å²) in [7, 11) is 0.